The van der Waals surface area contributed by atoms with Crippen LogP contribution in [0.4, 0.5) is 0 Å². The van der Waals surface area contributed by atoms with Crippen LogP contribution < -0.4 is 5.32 Å². The summed E-state index contributed by atoms with van der Waals surface area (Å²) in [7, 11) is 0. The lowest BCUT2D eigenvalue weighted by Gasteiger charge is -2.41. The number of nitrogens with zero attached hydrogens (tertiary/aromatic N) is 1. The maximum Gasteiger partial charge on any atom is 0.305 e. The van der Waals surface area contributed by atoms with Crippen molar-refractivity contribution in [3.8, 4) is 0 Å². The maximum absolute atomic E-state index is 12.3. The third-order valence-electron chi connectivity index (χ3n) is 3.53. The summed E-state index contributed by atoms with van der Waals surface area (Å²) >= 11 is 1.39. The van der Waals surface area contributed by atoms with Gasteiger partial charge in [0.2, 0.25) is 0 Å². The number of aromatic nitrogens is 1. The topological polar surface area (TPSA) is 79.3 Å². The minimum absolute atomic E-state index is 0.00275. The second kappa shape index (κ2) is 5.28. The predicted molar refractivity (Wildman–Crippen MR) is 72.5 cm³/mol. The van der Waals surface area contributed by atoms with E-state index in [9.17, 15) is 9.59 Å². The van der Waals surface area contributed by atoms with Gasteiger partial charge in [0.15, 0.2) is 0 Å². The van der Waals surface area contributed by atoms with E-state index in [0.29, 0.717) is 4.88 Å². The van der Waals surface area contributed by atoms with Gasteiger partial charge < -0.3 is 10.4 Å². The Bertz CT molecular complexity index is 506. The molecule has 1 aromatic heterocycles. The minimum Gasteiger partial charge on any atom is -0.481 e. The molecule has 0 unspecified atom stereocenters. The van der Waals surface area contributed by atoms with Crippen molar-refractivity contribution in [1.82, 2.24) is 10.3 Å². The summed E-state index contributed by atoms with van der Waals surface area (Å²) in [4.78, 5) is 28.1. The number of nitrogens with one attached hydrogen (secondary N) is 1. The molecule has 1 aliphatic rings. The summed E-state index contributed by atoms with van der Waals surface area (Å²) < 4.78 is 0. The van der Waals surface area contributed by atoms with E-state index < -0.39 is 11.5 Å². The molecule has 0 radical (unpaired) electrons. The van der Waals surface area contributed by atoms with E-state index in [2.05, 4.69) is 10.3 Å². The van der Waals surface area contributed by atoms with E-state index in [4.69, 9.17) is 5.11 Å². The second-order valence-corrected chi connectivity index (χ2v) is 6.12. The van der Waals surface area contributed by atoms with Crippen molar-refractivity contribution >= 4 is 23.2 Å². The van der Waals surface area contributed by atoms with Crippen LogP contribution >= 0.6 is 11.3 Å². The van der Waals surface area contributed by atoms with E-state index in [1.807, 2.05) is 13.8 Å². The van der Waals surface area contributed by atoms with E-state index in [0.717, 1.165) is 36.4 Å². The SMILES string of the molecule is CCc1nc(C)c(C(=O)NC2(CC(=O)O)CCC2)s1. The lowest BCUT2D eigenvalue weighted by Crippen LogP contribution is -2.54. The van der Waals surface area contributed by atoms with Crippen LogP contribution in [-0.2, 0) is 11.2 Å². The molecule has 1 aliphatic carbocycles. The van der Waals surface area contributed by atoms with Crippen molar-refractivity contribution in [2.45, 2.75) is 51.5 Å². The quantitative estimate of drug-likeness (QED) is 0.867. The Hall–Kier alpha value is -1.43. The zero-order valence-corrected chi connectivity index (χ0v) is 12.0. The molecule has 1 heterocycles. The molecule has 6 heteroatoms. The van der Waals surface area contributed by atoms with Crippen LogP contribution in [0.1, 0.15) is 53.0 Å². The third-order valence-corrected chi connectivity index (χ3v) is 4.83. The van der Waals surface area contributed by atoms with Crippen LogP contribution in [-0.4, -0.2) is 27.5 Å². The summed E-state index contributed by atoms with van der Waals surface area (Å²) in [6, 6.07) is 0. The Kier molecular flexibility index (Phi) is 3.89. The lowest BCUT2D eigenvalue weighted by molar-refractivity contribution is -0.139. The van der Waals surface area contributed by atoms with E-state index in [1.165, 1.54) is 11.3 Å². The monoisotopic (exact) mass is 282 g/mol. The third kappa shape index (κ3) is 2.94. The number of carbonyl (C=O) groups excluding carboxylic acids is 1. The summed E-state index contributed by atoms with van der Waals surface area (Å²) in [5, 5.41) is 12.8. The van der Waals surface area contributed by atoms with Gasteiger partial charge in [0, 0.05) is 0 Å². The number of rotatable bonds is 5. The Morgan fingerprint density at radius 3 is 2.58 bits per heavy atom. The van der Waals surface area contributed by atoms with Gasteiger partial charge in [0.25, 0.3) is 5.91 Å². The molecule has 2 rings (SSSR count). The van der Waals surface area contributed by atoms with Gasteiger partial charge in [0.05, 0.1) is 22.7 Å². The Labute approximate surface area is 116 Å². The summed E-state index contributed by atoms with van der Waals surface area (Å²) in [6.07, 6.45) is 3.25. The lowest BCUT2D eigenvalue weighted by atomic mass is 9.74. The van der Waals surface area contributed by atoms with Crippen molar-refractivity contribution in [3.63, 3.8) is 0 Å². The predicted octanol–water partition coefficient (Wildman–Crippen LogP) is 2.14. The fraction of sp³-hybridized carbons (Fsp3) is 0.615. The number of amides is 1. The molecule has 0 saturated heterocycles. The summed E-state index contributed by atoms with van der Waals surface area (Å²) in [5.74, 6) is -1.05. The fourth-order valence-corrected chi connectivity index (χ4v) is 3.25. The second-order valence-electron chi connectivity index (χ2n) is 5.03. The molecule has 0 aromatic carbocycles. The molecule has 1 fully saturated rings. The van der Waals surface area contributed by atoms with Crippen LogP contribution in [0.2, 0.25) is 0 Å². The van der Waals surface area contributed by atoms with Gasteiger partial charge in [-0.15, -0.1) is 11.3 Å². The standard InChI is InChI=1S/C13H18N2O3S/c1-3-9-14-8(2)11(19-9)12(18)15-13(5-4-6-13)7-10(16)17/h3-7H2,1-2H3,(H,15,18)(H,16,17). The average molecular weight is 282 g/mol. The number of hydrogen-bond acceptors (Lipinski definition) is 4. The van der Waals surface area contributed by atoms with Crippen LogP contribution in [0.15, 0.2) is 0 Å². The Morgan fingerprint density at radius 1 is 1.47 bits per heavy atom. The molecule has 1 aromatic rings. The molecule has 5 nitrogen and oxygen atoms in total. The first-order valence-electron chi connectivity index (χ1n) is 6.46. The summed E-state index contributed by atoms with van der Waals surface area (Å²) in [6.45, 7) is 3.81. The highest BCUT2D eigenvalue weighted by molar-refractivity contribution is 7.13. The Morgan fingerprint density at radius 2 is 2.16 bits per heavy atom. The minimum atomic E-state index is -0.865. The first kappa shape index (κ1) is 14.0. The molecule has 1 saturated carbocycles. The van der Waals surface area contributed by atoms with Gasteiger partial charge in [-0.1, -0.05) is 6.92 Å². The first-order chi connectivity index (χ1) is 8.96. The fourth-order valence-electron chi connectivity index (χ4n) is 2.35. The van der Waals surface area contributed by atoms with Crippen LogP contribution in [0.5, 0.6) is 0 Å². The van der Waals surface area contributed by atoms with Crippen LogP contribution in [0.25, 0.3) is 0 Å². The van der Waals surface area contributed by atoms with E-state index in [-0.39, 0.29) is 12.3 Å². The molecule has 0 atom stereocenters. The number of thiazole rings is 1. The molecule has 0 aliphatic heterocycles. The van der Waals surface area contributed by atoms with Crippen molar-refractivity contribution in [3.05, 3.63) is 15.6 Å². The van der Waals surface area contributed by atoms with Gasteiger partial charge in [-0.3, -0.25) is 9.59 Å². The molecule has 2 N–H and O–H groups in total. The number of aliphatic carboxylic acids is 1. The van der Waals surface area contributed by atoms with Crippen LogP contribution in [0.3, 0.4) is 0 Å². The van der Waals surface area contributed by atoms with Crippen molar-refractivity contribution in [2.24, 2.45) is 0 Å². The summed E-state index contributed by atoms with van der Waals surface area (Å²) in [5.41, 5.74) is 0.176. The van der Waals surface area contributed by atoms with E-state index in [1.54, 1.807) is 0 Å². The highest BCUT2D eigenvalue weighted by Crippen LogP contribution is 2.35. The molecule has 0 spiro atoms. The molecular formula is C13H18N2O3S. The number of carbonyl (C=O) groups is 2. The van der Waals surface area contributed by atoms with Gasteiger partial charge in [-0.2, -0.15) is 0 Å². The zero-order valence-electron chi connectivity index (χ0n) is 11.2. The normalized spacial score (nSPS) is 16.7. The van der Waals surface area contributed by atoms with Crippen molar-refractivity contribution in [1.29, 1.82) is 0 Å². The highest BCUT2D eigenvalue weighted by Gasteiger charge is 2.40. The molecule has 1 amide bonds. The highest BCUT2D eigenvalue weighted by atomic mass is 32.1. The number of hydrogen-bond donors (Lipinski definition) is 2. The molecule has 19 heavy (non-hydrogen) atoms. The Balaban J connectivity index is 2.11. The van der Waals surface area contributed by atoms with E-state index >= 15 is 0 Å². The average Bonchev–Trinajstić information content (AvgIpc) is 2.67. The smallest absolute Gasteiger partial charge is 0.305 e. The number of carboxylic acid groups (broad SMARTS) is 1. The van der Waals surface area contributed by atoms with Gasteiger partial charge >= 0.3 is 5.97 Å². The van der Waals surface area contributed by atoms with Crippen molar-refractivity contribution < 1.29 is 14.7 Å². The van der Waals surface area contributed by atoms with Gasteiger partial charge in [-0.05, 0) is 32.6 Å². The first-order valence-corrected chi connectivity index (χ1v) is 7.28. The maximum atomic E-state index is 12.3. The van der Waals surface area contributed by atoms with Gasteiger partial charge in [-0.25, -0.2) is 4.98 Å². The molecule has 0 bridgehead atoms. The number of carboxylic acids is 1. The largest absolute Gasteiger partial charge is 0.481 e. The number of aryl methyl sites for hydroxylation is 2. The van der Waals surface area contributed by atoms with Crippen molar-refractivity contribution in [2.75, 3.05) is 0 Å². The molecule has 104 valence electrons. The zero-order chi connectivity index (χ0) is 14.0. The van der Waals surface area contributed by atoms with Gasteiger partial charge in [0.1, 0.15) is 4.88 Å². The molecular weight excluding hydrogens is 264 g/mol. The van der Waals surface area contributed by atoms with Crippen LogP contribution in [0, 0.1) is 6.92 Å².